The van der Waals surface area contributed by atoms with Gasteiger partial charge in [0.2, 0.25) is 0 Å². The first-order valence-corrected chi connectivity index (χ1v) is 24.2. The van der Waals surface area contributed by atoms with Crippen molar-refractivity contribution in [3.8, 4) is 11.5 Å². The molecule has 7 nitrogen and oxygen atoms in total. The molecule has 0 saturated carbocycles. The van der Waals surface area contributed by atoms with Crippen LogP contribution in [0.2, 0.25) is 65.0 Å². The fourth-order valence-electron chi connectivity index (χ4n) is 3.93. The third-order valence-electron chi connectivity index (χ3n) is 4.78. The largest absolute Gasteiger partial charge is 0.493 e. The number of carbonyl (C=O) groups is 1. The van der Waals surface area contributed by atoms with Gasteiger partial charge in [-0.15, -0.1) is 0 Å². The summed E-state index contributed by atoms with van der Waals surface area (Å²) in [5.74, 6) is 0.241. The molecule has 0 saturated heterocycles. The van der Waals surface area contributed by atoms with Crippen LogP contribution in [0, 0.1) is 0 Å². The normalized spacial score (nSPS) is 14.3. The second-order valence-electron chi connectivity index (χ2n) is 11.7. The number of carboxylic acids is 1. The summed E-state index contributed by atoms with van der Waals surface area (Å²) in [6.45, 7) is 21.7. The number of hydrogen-bond acceptors (Lipinski definition) is 6. The smallest absolute Gasteiger partial charge is 0.469 e. The highest BCUT2D eigenvalue weighted by molar-refractivity contribution is 6.90. The number of aliphatic carboxylic acids is 1. The monoisotopic (exact) mass is 558 g/mol. The van der Waals surface area contributed by atoms with Gasteiger partial charge >= 0.3 is 14.8 Å². The van der Waals surface area contributed by atoms with Crippen molar-refractivity contribution in [3.05, 3.63) is 29.3 Å². The van der Waals surface area contributed by atoms with Gasteiger partial charge in [-0.25, -0.2) is 4.79 Å². The van der Waals surface area contributed by atoms with E-state index in [0.717, 1.165) is 23.6 Å². The predicted molar refractivity (Wildman–Crippen MR) is 153 cm³/mol. The van der Waals surface area contributed by atoms with Crippen LogP contribution in [0.5, 0.6) is 11.5 Å². The zero-order valence-corrected chi connectivity index (χ0v) is 27.7. The summed E-state index contributed by atoms with van der Waals surface area (Å²) in [4.78, 5) is 11.2. The molecule has 35 heavy (non-hydrogen) atoms. The summed E-state index contributed by atoms with van der Waals surface area (Å²) in [6.07, 6.45) is 3.49. The van der Waals surface area contributed by atoms with Crippen molar-refractivity contribution in [1.29, 1.82) is 0 Å². The van der Waals surface area contributed by atoms with Crippen LogP contribution < -0.4 is 9.47 Å². The third kappa shape index (κ3) is 11.1. The summed E-state index contributed by atoms with van der Waals surface area (Å²) in [7, 11) is -5.73. The van der Waals surface area contributed by atoms with Gasteiger partial charge in [0.05, 0.1) is 14.2 Å². The van der Waals surface area contributed by atoms with Crippen LogP contribution in [-0.2, 0) is 17.1 Å². The van der Waals surface area contributed by atoms with E-state index in [0.29, 0.717) is 17.5 Å². The molecule has 1 aromatic carbocycles. The van der Waals surface area contributed by atoms with Crippen LogP contribution >= 0.6 is 0 Å². The maximum Gasteiger partial charge on any atom is 0.469 e. The average molecular weight is 559 g/mol. The molecular weight excluding hydrogens is 513 g/mol. The number of carboxylic acid groups (broad SMARTS) is 1. The number of ether oxygens (including phenoxy) is 2. The van der Waals surface area contributed by atoms with Gasteiger partial charge in [0.15, 0.2) is 36.5 Å². The van der Waals surface area contributed by atoms with Gasteiger partial charge in [-0.3, -0.25) is 0 Å². The highest BCUT2D eigenvalue weighted by Gasteiger charge is 2.50. The molecule has 0 aliphatic heterocycles. The summed E-state index contributed by atoms with van der Waals surface area (Å²) < 4.78 is 31.8. The number of hydrogen-bond donors (Lipinski definition) is 1. The van der Waals surface area contributed by atoms with Gasteiger partial charge in [-0.2, -0.15) is 0 Å². The van der Waals surface area contributed by atoms with E-state index < -0.39 is 39.7 Å². The van der Waals surface area contributed by atoms with Crippen molar-refractivity contribution in [2.45, 2.75) is 84.2 Å². The van der Waals surface area contributed by atoms with Crippen LogP contribution in [-0.4, -0.2) is 59.1 Å². The van der Waals surface area contributed by atoms with Gasteiger partial charge in [0, 0.05) is 17.7 Å². The first kappa shape index (κ1) is 31.8. The van der Waals surface area contributed by atoms with Crippen molar-refractivity contribution in [1.82, 2.24) is 0 Å². The van der Waals surface area contributed by atoms with E-state index in [4.69, 9.17) is 21.8 Å². The Morgan fingerprint density at radius 1 is 0.886 bits per heavy atom. The molecule has 1 unspecified atom stereocenters. The van der Waals surface area contributed by atoms with E-state index in [1.54, 1.807) is 26.4 Å². The van der Waals surface area contributed by atoms with Crippen LogP contribution in [0.25, 0.3) is 6.08 Å². The van der Waals surface area contributed by atoms with Crippen LogP contribution in [0.1, 0.15) is 30.4 Å². The minimum atomic E-state index is -3.00. The second-order valence-corrected chi connectivity index (χ2v) is 28.7. The molecule has 1 N–H and O–H groups in total. The number of benzene rings is 1. The molecule has 0 amide bonds. The van der Waals surface area contributed by atoms with E-state index in [1.165, 1.54) is 0 Å². The molecule has 1 aromatic rings. The minimum absolute atomic E-state index is 0.0149. The standard InChI is InChI=1S/C24H46O7Si4/c1-19(23-20(14-16-22(25)26)13-15-21(27-2)24(23)28-3)17-18-35(29-32(4,5)6,30-33(7,8)9)31-34(10,11)12/h13-16,19H,17-18H2,1-12H3,(H,25,26). The van der Waals surface area contributed by atoms with E-state index >= 15 is 0 Å². The molecule has 200 valence electrons. The Hall–Kier alpha value is -1.22. The van der Waals surface area contributed by atoms with Crippen LogP contribution in [0.3, 0.4) is 0 Å². The fourth-order valence-corrected chi connectivity index (χ4v) is 18.8. The van der Waals surface area contributed by atoms with E-state index in [1.807, 2.05) is 6.07 Å². The van der Waals surface area contributed by atoms with Crippen LogP contribution in [0.4, 0.5) is 0 Å². The maximum absolute atomic E-state index is 11.2. The Morgan fingerprint density at radius 2 is 1.37 bits per heavy atom. The second kappa shape index (κ2) is 12.3. The molecule has 0 aromatic heterocycles. The summed E-state index contributed by atoms with van der Waals surface area (Å²) in [5.41, 5.74) is 1.69. The van der Waals surface area contributed by atoms with E-state index in [2.05, 4.69) is 65.8 Å². The van der Waals surface area contributed by atoms with Crippen molar-refractivity contribution in [2.75, 3.05) is 14.2 Å². The topological polar surface area (TPSA) is 83.5 Å². The van der Waals surface area contributed by atoms with Gasteiger partial charge in [-0.1, -0.05) is 13.0 Å². The van der Waals surface area contributed by atoms with Crippen molar-refractivity contribution >= 4 is 45.8 Å². The minimum Gasteiger partial charge on any atom is -0.493 e. The fraction of sp³-hybridized carbons (Fsp3) is 0.625. The zero-order chi connectivity index (χ0) is 27.2. The highest BCUT2D eigenvalue weighted by Crippen LogP contribution is 2.42. The molecule has 0 aliphatic rings. The van der Waals surface area contributed by atoms with Gasteiger partial charge in [0.1, 0.15) is 0 Å². The van der Waals surface area contributed by atoms with E-state index in [-0.39, 0.29) is 5.92 Å². The number of methoxy groups -OCH3 is 2. The lowest BCUT2D eigenvalue weighted by atomic mass is 9.92. The van der Waals surface area contributed by atoms with E-state index in [9.17, 15) is 9.90 Å². The molecule has 0 bridgehead atoms. The van der Waals surface area contributed by atoms with Gasteiger partial charge in [0.25, 0.3) is 0 Å². The Balaban J connectivity index is 3.53. The molecule has 0 fully saturated rings. The van der Waals surface area contributed by atoms with Gasteiger partial charge < -0.3 is 26.9 Å². The summed E-state index contributed by atoms with van der Waals surface area (Å²) >= 11 is 0. The molecule has 1 rings (SSSR count). The molecule has 1 atom stereocenters. The van der Waals surface area contributed by atoms with Crippen molar-refractivity contribution in [3.63, 3.8) is 0 Å². The SMILES string of the molecule is COc1ccc(C=CC(=O)O)c(C(C)CC[Si](O[Si](C)(C)C)(O[Si](C)(C)C)O[Si](C)(C)C)c1OC. The van der Waals surface area contributed by atoms with Gasteiger partial charge in [-0.05, 0) is 89.0 Å². The molecule has 0 aliphatic carbocycles. The summed E-state index contributed by atoms with van der Waals surface area (Å²) in [6, 6.07) is 4.34. The average Bonchev–Trinajstić information content (AvgIpc) is 2.65. The molecular formula is C24H46O7Si4. The summed E-state index contributed by atoms with van der Waals surface area (Å²) in [5, 5.41) is 9.19. The highest BCUT2D eigenvalue weighted by atomic mass is 28.5. The third-order valence-corrected chi connectivity index (χ3v) is 16.8. The molecule has 0 radical (unpaired) electrons. The lowest BCUT2D eigenvalue weighted by Crippen LogP contribution is -2.60. The predicted octanol–water partition coefficient (Wildman–Crippen LogP) is 6.79. The first-order chi connectivity index (χ1) is 15.8. The lowest BCUT2D eigenvalue weighted by molar-refractivity contribution is -0.131. The maximum atomic E-state index is 11.2. The molecule has 0 heterocycles. The van der Waals surface area contributed by atoms with Crippen molar-refractivity contribution in [2.24, 2.45) is 0 Å². The Labute approximate surface area is 216 Å². The quantitative estimate of drug-likeness (QED) is 0.199. The first-order valence-electron chi connectivity index (χ1n) is 12.1. The Morgan fingerprint density at radius 3 is 1.74 bits per heavy atom. The molecule has 0 spiro atoms. The zero-order valence-electron chi connectivity index (χ0n) is 23.7. The molecule has 11 heteroatoms. The van der Waals surface area contributed by atoms with Crippen molar-refractivity contribution < 1.29 is 31.7 Å². The Kier molecular flexibility index (Phi) is 11.2. The lowest BCUT2D eigenvalue weighted by Gasteiger charge is -2.43. The Bertz CT molecular complexity index is 843. The number of rotatable bonds is 14. The van der Waals surface area contributed by atoms with Crippen LogP contribution in [0.15, 0.2) is 18.2 Å².